The Morgan fingerprint density at radius 3 is 3.05 bits per heavy atom. The van der Waals surface area contributed by atoms with Crippen molar-refractivity contribution in [1.82, 2.24) is 0 Å². The second-order valence-electron chi connectivity index (χ2n) is 5.08. The van der Waals surface area contributed by atoms with Crippen molar-refractivity contribution in [2.45, 2.75) is 30.4 Å². The average Bonchev–Trinajstić information content (AvgIpc) is 2.97. The van der Waals surface area contributed by atoms with Crippen LogP contribution in [0.15, 0.2) is 16.6 Å². The van der Waals surface area contributed by atoms with E-state index in [4.69, 9.17) is 4.74 Å². The molecular weight excluding hydrogens is 328 g/mol. The number of carbonyl (C=O) groups is 1. The summed E-state index contributed by atoms with van der Waals surface area (Å²) in [5.41, 5.74) is 2.21. The Hall–Kier alpha value is -0.680. The van der Waals surface area contributed by atoms with Gasteiger partial charge in [-0.05, 0) is 41.9 Å². The molecule has 1 aromatic carbocycles. The van der Waals surface area contributed by atoms with Crippen molar-refractivity contribution < 1.29 is 14.6 Å². The van der Waals surface area contributed by atoms with E-state index in [2.05, 4.69) is 22.0 Å². The van der Waals surface area contributed by atoms with Crippen LogP contribution in [0.25, 0.3) is 0 Å². The summed E-state index contributed by atoms with van der Waals surface area (Å²) in [6, 6.07) is 4.08. The van der Waals surface area contributed by atoms with Crippen molar-refractivity contribution >= 4 is 33.7 Å². The van der Waals surface area contributed by atoms with Crippen LogP contribution in [0.2, 0.25) is 0 Å². The lowest BCUT2D eigenvalue weighted by atomic mass is 9.93. The Kier molecular flexibility index (Phi) is 3.52. The van der Waals surface area contributed by atoms with Crippen molar-refractivity contribution in [3.05, 3.63) is 27.7 Å². The second-order valence-corrected chi connectivity index (χ2v) is 7.47. The number of ether oxygens (including phenoxy) is 1. The highest BCUT2D eigenvalue weighted by Gasteiger charge is 2.43. The van der Waals surface area contributed by atoms with E-state index >= 15 is 0 Å². The van der Waals surface area contributed by atoms with E-state index in [1.54, 1.807) is 11.8 Å². The number of thioether (sulfide) groups is 1. The Morgan fingerprint density at radius 2 is 2.37 bits per heavy atom. The van der Waals surface area contributed by atoms with Crippen molar-refractivity contribution in [3.63, 3.8) is 0 Å². The molecular formula is C14H15BrO3S. The minimum Gasteiger partial charge on any atom is -0.493 e. The van der Waals surface area contributed by atoms with E-state index in [1.807, 2.05) is 6.07 Å². The monoisotopic (exact) mass is 342 g/mol. The molecule has 3 rings (SSSR count). The summed E-state index contributed by atoms with van der Waals surface area (Å²) >= 11 is 5.08. The predicted octanol–water partition coefficient (Wildman–Crippen LogP) is 3.28. The summed E-state index contributed by atoms with van der Waals surface area (Å²) in [4.78, 5) is 11.6. The van der Waals surface area contributed by atoms with Gasteiger partial charge in [0.25, 0.3) is 0 Å². The summed E-state index contributed by atoms with van der Waals surface area (Å²) in [7, 11) is 0. The summed E-state index contributed by atoms with van der Waals surface area (Å²) in [5, 5.41) is 9.57. The molecule has 1 fully saturated rings. The smallest absolute Gasteiger partial charge is 0.320 e. The van der Waals surface area contributed by atoms with Gasteiger partial charge in [0.1, 0.15) is 10.5 Å². The fourth-order valence-electron chi connectivity index (χ4n) is 2.87. The van der Waals surface area contributed by atoms with Crippen molar-refractivity contribution in [1.29, 1.82) is 0 Å². The number of fused-ring (bicyclic) bond motifs is 1. The fourth-order valence-corrected chi connectivity index (χ4v) is 4.77. The molecule has 0 aromatic heterocycles. The van der Waals surface area contributed by atoms with Gasteiger partial charge in [0.05, 0.1) is 6.61 Å². The lowest BCUT2D eigenvalue weighted by molar-refractivity contribution is -0.139. The first-order valence-electron chi connectivity index (χ1n) is 6.42. The minimum atomic E-state index is -0.693. The molecule has 1 unspecified atom stereocenters. The van der Waals surface area contributed by atoms with Gasteiger partial charge in [0.15, 0.2) is 0 Å². The number of halogens is 1. The number of benzene rings is 1. The van der Waals surface area contributed by atoms with Gasteiger partial charge in [0, 0.05) is 17.3 Å². The molecule has 0 amide bonds. The predicted molar refractivity (Wildman–Crippen MR) is 79.1 cm³/mol. The average molecular weight is 343 g/mol. The zero-order chi connectivity index (χ0) is 13.5. The molecule has 102 valence electrons. The van der Waals surface area contributed by atoms with Crippen LogP contribution in [0.5, 0.6) is 5.75 Å². The molecule has 1 atom stereocenters. The summed E-state index contributed by atoms with van der Waals surface area (Å²) in [6.07, 6.45) is 3.19. The molecule has 0 saturated carbocycles. The van der Waals surface area contributed by atoms with E-state index in [9.17, 15) is 9.90 Å². The topological polar surface area (TPSA) is 46.5 Å². The maximum Gasteiger partial charge on any atom is 0.320 e. The lowest BCUT2D eigenvalue weighted by Gasteiger charge is -2.24. The van der Waals surface area contributed by atoms with E-state index < -0.39 is 10.7 Å². The molecule has 0 radical (unpaired) electrons. The van der Waals surface area contributed by atoms with E-state index in [0.717, 1.165) is 40.8 Å². The van der Waals surface area contributed by atoms with Gasteiger partial charge in [-0.3, -0.25) is 4.79 Å². The molecule has 0 spiro atoms. The van der Waals surface area contributed by atoms with Crippen LogP contribution in [0, 0.1) is 0 Å². The fraction of sp³-hybridized carbons (Fsp3) is 0.500. The second kappa shape index (κ2) is 5.02. The normalized spacial score (nSPS) is 25.1. The number of hydrogen-bond acceptors (Lipinski definition) is 3. The van der Waals surface area contributed by atoms with Crippen LogP contribution in [-0.2, 0) is 17.6 Å². The number of hydrogen-bond donors (Lipinski definition) is 1. The molecule has 2 aliphatic heterocycles. The van der Waals surface area contributed by atoms with Crippen molar-refractivity contribution in [2.75, 3.05) is 12.4 Å². The van der Waals surface area contributed by atoms with Gasteiger partial charge >= 0.3 is 5.97 Å². The highest BCUT2D eigenvalue weighted by molar-refractivity contribution is 9.10. The largest absolute Gasteiger partial charge is 0.493 e. The first kappa shape index (κ1) is 13.3. The van der Waals surface area contributed by atoms with Gasteiger partial charge in [-0.25, -0.2) is 0 Å². The quantitative estimate of drug-likeness (QED) is 0.915. The molecule has 1 N–H and O–H groups in total. The number of carboxylic acids is 1. The summed E-state index contributed by atoms with van der Waals surface area (Å²) < 4.78 is 6.04. The Labute approximate surface area is 124 Å². The number of carboxylic acid groups (broad SMARTS) is 1. The third-order valence-electron chi connectivity index (χ3n) is 3.79. The van der Waals surface area contributed by atoms with Gasteiger partial charge in [-0.1, -0.05) is 15.9 Å². The van der Waals surface area contributed by atoms with Gasteiger partial charge < -0.3 is 9.84 Å². The Morgan fingerprint density at radius 1 is 1.53 bits per heavy atom. The third kappa shape index (κ3) is 2.38. The van der Waals surface area contributed by atoms with Crippen LogP contribution >= 0.6 is 27.7 Å². The molecule has 1 saturated heterocycles. The lowest BCUT2D eigenvalue weighted by Crippen LogP contribution is -2.34. The number of rotatable bonds is 3. The van der Waals surface area contributed by atoms with Crippen LogP contribution in [0.1, 0.15) is 24.0 Å². The van der Waals surface area contributed by atoms with Crippen LogP contribution < -0.4 is 4.74 Å². The zero-order valence-corrected chi connectivity index (χ0v) is 12.8. The SMILES string of the molecule is O=C(O)C1(Cc2cc(Br)cc3c2OCC3)CCCS1. The van der Waals surface area contributed by atoms with E-state index in [0.29, 0.717) is 13.0 Å². The Bertz CT molecular complexity index is 524. The zero-order valence-electron chi connectivity index (χ0n) is 10.4. The van der Waals surface area contributed by atoms with Gasteiger partial charge in [0.2, 0.25) is 0 Å². The molecule has 3 nitrogen and oxygen atoms in total. The van der Waals surface area contributed by atoms with E-state index in [1.165, 1.54) is 5.56 Å². The molecule has 0 aliphatic carbocycles. The van der Waals surface area contributed by atoms with Crippen LogP contribution in [-0.4, -0.2) is 28.2 Å². The highest BCUT2D eigenvalue weighted by Crippen LogP contribution is 2.44. The molecule has 0 bridgehead atoms. The van der Waals surface area contributed by atoms with E-state index in [-0.39, 0.29) is 0 Å². The number of aliphatic carboxylic acids is 1. The van der Waals surface area contributed by atoms with Crippen molar-refractivity contribution in [2.24, 2.45) is 0 Å². The summed E-state index contributed by atoms with van der Waals surface area (Å²) in [5.74, 6) is 1.15. The van der Waals surface area contributed by atoms with Gasteiger partial charge in [-0.15, -0.1) is 11.8 Å². The van der Waals surface area contributed by atoms with Crippen molar-refractivity contribution in [3.8, 4) is 5.75 Å². The highest BCUT2D eigenvalue weighted by atomic mass is 79.9. The van der Waals surface area contributed by atoms with Gasteiger partial charge in [-0.2, -0.15) is 0 Å². The maximum absolute atomic E-state index is 11.6. The Balaban J connectivity index is 1.97. The molecule has 2 aliphatic rings. The first-order valence-corrected chi connectivity index (χ1v) is 8.20. The molecule has 1 aromatic rings. The molecule has 2 heterocycles. The minimum absolute atomic E-state index is 0.550. The van der Waals surface area contributed by atoms with Crippen LogP contribution in [0.3, 0.4) is 0 Å². The third-order valence-corrected chi connectivity index (χ3v) is 5.82. The van der Waals surface area contributed by atoms with Crippen LogP contribution in [0.4, 0.5) is 0 Å². The first-order chi connectivity index (χ1) is 9.11. The summed E-state index contributed by atoms with van der Waals surface area (Å²) in [6.45, 7) is 0.700. The maximum atomic E-state index is 11.6. The molecule has 19 heavy (non-hydrogen) atoms. The standard InChI is InChI=1S/C14H15BrO3S/c15-11-6-9-2-4-18-12(9)10(7-11)8-14(13(16)17)3-1-5-19-14/h6-7H,1-5,8H2,(H,16,17). The molecule has 5 heteroatoms.